The molecule has 0 spiro atoms. The molecule has 0 atom stereocenters. The van der Waals surface area contributed by atoms with Gasteiger partial charge in [0, 0.05) is 22.5 Å². The first-order chi connectivity index (χ1) is 11.1. The second-order valence-electron chi connectivity index (χ2n) is 5.47. The number of nitrogens with two attached hydrogens (primary N) is 1. The molecule has 5 nitrogen and oxygen atoms in total. The summed E-state index contributed by atoms with van der Waals surface area (Å²) in [5, 5.41) is 1.89. The predicted molar refractivity (Wildman–Crippen MR) is 90.4 cm³/mol. The molecule has 0 radical (unpaired) electrons. The number of amides is 1. The molecule has 2 aromatic carbocycles. The van der Waals surface area contributed by atoms with Crippen molar-refractivity contribution in [2.24, 2.45) is 5.73 Å². The molecule has 0 fully saturated rings. The molecule has 0 saturated carbocycles. The highest BCUT2D eigenvalue weighted by Crippen LogP contribution is 2.26. The summed E-state index contributed by atoms with van der Waals surface area (Å²) in [5.41, 5.74) is 9.20. The molecule has 0 saturated heterocycles. The molecular formula is C18H13N3O2. The summed E-state index contributed by atoms with van der Waals surface area (Å²) in [6.07, 6.45) is 0. The number of rotatable bonds is 2. The van der Waals surface area contributed by atoms with Crippen molar-refractivity contribution in [1.29, 1.82) is 0 Å². The smallest absolute Gasteiger partial charge is 0.265 e. The van der Waals surface area contributed by atoms with Gasteiger partial charge in [-0.25, -0.2) is 0 Å². The summed E-state index contributed by atoms with van der Waals surface area (Å²) in [5.74, 6) is -0.481. The minimum absolute atomic E-state index is 0.123. The van der Waals surface area contributed by atoms with E-state index in [1.807, 2.05) is 36.4 Å². The molecule has 0 aliphatic rings. The number of fused-ring (bicyclic) bond motifs is 2. The zero-order valence-electron chi connectivity index (χ0n) is 12.1. The van der Waals surface area contributed by atoms with Gasteiger partial charge < -0.3 is 15.7 Å². The van der Waals surface area contributed by atoms with Gasteiger partial charge in [-0.1, -0.05) is 18.2 Å². The van der Waals surface area contributed by atoms with E-state index in [-0.39, 0.29) is 5.56 Å². The molecule has 23 heavy (non-hydrogen) atoms. The third-order valence-electron chi connectivity index (χ3n) is 3.94. The fourth-order valence-corrected chi connectivity index (χ4v) is 2.77. The molecule has 112 valence electrons. The SMILES string of the molecule is NC(=O)c1cc2cc(-c3ccc4ccc(=O)[nH]c4c3)ccc2[nH]1. The Balaban J connectivity index is 1.87. The van der Waals surface area contributed by atoms with Crippen molar-refractivity contribution in [3.63, 3.8) is 0 Å². The van der Waals surface area contributed by atoms with Gasteiger partial charge in [-0.15, -0.1) is 0 Å². The van der Waals surface area contributed by atoms with Gasteiger partial charge in [0.1, 0.15) is 5.69 Å². The fourth-order valence-electron chi connectivity index (χ4n) is 2.77. The van der Waals surface area contributed by atoms with Gasteiger partial charge in [0.05, 0.1) is 0 Å². The number of H-pyrrole nitrogens is 2. The lowest BCUT2D eigenvalue weighted by atomic mass is 10.0. The summed E-state index contributed by atoms with van der Waals surface area (Å²) < 4.78 is 0. The number of primary amides is 1. The van der Waals surface area contributed by atoms with E-state index in [4.69, 9.17) is 5.73 Å². The highest BCUT2D eigenvalue weighted by molar-refractivity contribution is 5.98. The van der Waals surface area contributed by atoms with Crippen LogP contribution in [0.15, 0.2) is 59.4 Å². The van der Waals surface area contributed by atoms with Crippen LogP contribution in [0, 0.1) is 0 Å². The van der Waals surface area contributed by atoms with Crippen molar-refractivity contribution >= 4 is 27.7 Å². The van der Waals surface area contributed by atoms with Crippen LogP contribution in [0.25, 0.3) is 32.9 Å². The first kappa shape index (κ1) is 13.3. The van der Waals surface area contributed by atoms with Crippen LogP contribution >= 0.6 is 0 Å². The standard InChI is InChI=1S/C18H13N3O2/c19-18(23)16-9-13-7-11(3-5-14(13)20-16)12-2-1-10-4-6-17(22)21-15(10)8-12/h1-9,20H,(H2,19,23)(H,21,22). The lowest BCUT2D eigenvalue weighted by Crippen LogP contribution is -2.10. The average Bonchev–Trinajstić information content (AvgIpc) is 2.97. The van der Waals surface area contributed by atoms with Crippen LogP contribution in [0.5, 0.6) is 0 Å². The van der Waals surface area contributed by atoms with Gasteiger partial charge in [-0.3, -0.25) is 9.59 Å². The van der Waals surface area contributed by atoms with Gasteiger partial charge in [0.15, 0.2) is 0 Å². The number of pyridine rings is 1. The summed E-state index contributed by atoms with van der Waals surface area (Å²) >= 11 is 0. The zero-order valence-corrected chi connectivity index (χ0v) is 12.1. The van der Waals surface area contributed by atoms with Crippen molar-refractivity contribution in [3.8, 4) is 11.1 Å². The van der Waals surface area contributed by atoms with E-state index < -0.39 is 5.91 Å². The number of nitrogens with one attached hydrogen (secondary N) is 2. The van der Waals surface area contributed by atoms with Crippen LogP contribution in [0.2, 0.25) is 0 Å². The van der Waals surface area contributed by atoms with Gasteiger partial charge in [0.25, 0.3) is 5.91 Å². The van der Waals surface area contributed by atoms with Gasteiger partial charge in [-0.2, -0.15) is 0 Å². The largest absolute Gasteiger partial charge is 0.364 e. The van der Waals surface area contributed by atoms with Crippen molar-refractivity contribution in [1.82, 2.24) is 9.97 Å². The Labute approximate surface area is 130 Å². The molecule has 0 bridgehead atoms. The Morgan fingerprint density at radius 3 is 2.35 bits per heavy atom. The minimum atomic E-state index is -0.481. The second-order valence-corrected chi connectivity index (χ2v) is 5.47. The number of hydrogen-bond acceptors (Lipinski definition) is 2. The number of carbonyl (C=O) groups excluding carboxylic acids is 1. The second kappa shape index (κ2) is 4.84. The molecule has 4 aromatic rings. The highest BCUT2D eigenvalue weighted by Gasteiger charge is 2.07. The van der Waals surface area contributed by atoms with Crippen molar-refractivity contribution in [3.05, 3.63) is 70.6 Å². The van der Waals surface area contributed by atoms with Crippen LogP contribution < -0.4 is 11.3 Å². The van der Waals surface area contributed by atoms with Crippen molar-refractivity contribution in [2.75, 3.05) is 0 Å². The Bertz CT molecular complexity index is 1120. The van der Waals surface area contributed by atoms with Crippen LogP contribution in [-0.4, -0.2) is 15.9 Å². The molecule has 2 aromatic heterocycles. The third-order valence-corrected chi connectivity index (χ3v) is 3.94. The Morgan fingerprint density at radius 1 is 0.783 bits per heavy atom. The van der Waals surface area contributed by atoms with E-state index in [2.05, 4.69) is 9.97 Å². The topological polar surface area (TPSA) is 91.7 Å². The number of aromatic nitrogens is 2. The van der Waals surface area contributed by atoms with Crippen molar-refractivity contribution in [2.45, 2.75) is 0 Å². The van der Waals surface area contributed by atoms with E-state index in [0.29, 0.717) is 5.69 Å². The molecular weight excluding hydrogens is 290 g/mol. The molecule has 5 heteroatoms. The fraction of sp³-hybridized carbons (Fsp3) is 0. The molecule has 0 aliphatic carbocycles. The lowest BCUT2D eigenvalue weighted by Gasteiger charge is -2.04. The normalized spacial score (nSPS) is 11.1. The van der Waals surface area contributed by atoms with E-state index in [0.717, 1.165) is 32.9 Å². The quantitative estimate of drug-likeness (QED) is 0.531. The first-order valence-electron chi connectivity index (χ1n) is 7.16. The molecule has 0 aliphatic heterocycles. The predicted octanol–water partition coefficient (Wildman–Crippen LogP) is 2.78. The van der Waals surface area contributed by atoms with Crippen LogP contribution in [-0.2, 0) is 0 Å². The van der Waals surface area contributed by atoms with Crippen LogP contribution in [0.4, 0.5) is 0 Å². The summed E-state index contributed by atoms with van der Waals surface area (Å²) in [6, 6.07) is 16.8. The summed E-state index contributed by atoms with van der Waals surface area (Å²) in [6.45, 7) is 0. The molecule has 0 unspecified atom stereocenters. The third kappa shape index (κ3) is 2.28. The van der Waals surface area contributed by atoms with Gasteiger partial charge >= 0.3 is 0 Å². The molecule has 2 heterocycles. The van der Waals surface area contributed by atoms with E-state index in [1.165, 1.54) is 6.07 Å². The van der Waals surface area contributed by atoms with Gasteiger partial charge in [-0.05, 0) is 46.8 Å². The van der Waals surface area contributed by atoms with Gasteiger partial charge in [0.2, 0.25) is 5.56 Å². The monoisotopic (exact) mass is 303 g/mol. The lowest BCUT2D eigenvalue weighted by molar-refractivity contribution is 0.0996. The van der Waals surface area contributed by atoms with Crippen LogP contribution in [0.1, 0.15) is 10.5 Å². The first-order valence-corrected chi connectivity index (χ1v) is 7.16. The van der Waals surface area contributed by atoms with E-state index >= 15 is 0 Å². The average molecular weight is 303 g/mol. The van der Waals surface area contributed by atoms with E-state index in [1.54, 1.807) is 12.1 Å². The maximum Gasteiger partial charge on any atom is 0.265 e. The highest BCUT2D eigenvalue weighted by atomic mass is 16.1. The zero-order chi connectivity index (χ0) is 16.0. The number of hydrogen-bond donors (Lipinski definition) is 3. The molecule has 4 rings (SSSR count). The Hall–Kier alpha value is -3.34. The number of benzene rings is 2. The van der Waals surface area contributed by atoms with Crippen molar-refractivity contribution < 1.29 is 4.79 Å². The molecule has 4 N–H and O–H groups in total. The summed E-state index contributed by atoms with van der Waals surface area (Å²) in [7, 11) is 0. The van der Waals surface area contributed by atoms with Crippen LogP contribution in [0.3, 0.4) is 0 Å². The van der Waals surface area contributed by atoms with E-state index in [9.17, 15) is 9.59 Å². The summed E-state index contributed by atoms with van der Waals surface area (Å²) in [4.78, 5) is 28.6. The molecule has 1 amide bonds. The maximum absolute atomic E-state index is 11.5. The number of carbonyl (C=O) groups is 1. The number of aromatic amines is 2. The minimum Gasteiger partial charge on any atom is -0.364 e. The Morgan fingerprint density at radius 2 is 1.52 bits per heavy atom. The Kier molecular flexibility index (Phi) is 2.81. The maximum atomic E-state index is 11.5.